The Balaban J connectivity index is 2.75. The van der Waals surface area contributed by atoms with Crippen LogP contribution < -0.4 is 5.73 Å². The van der Waals surface area contributed by atoms with Gasteiger partial charge in [0.2, 0.25) is 11.8 Å². The highest BCUT2D eigenvalue weighted by Crippen LogP contribution is 2.01. The summed E-state index contributed by atoms with van der Waals surface area (Å²) in [4.78, 5) is 17.2. The van der Waals surface area contributed by atoms with Gasteiger partial charge in [0, 0.05) is 13.1 Å². The normalized spacial score (nSPS) is 9.93. The van der Waals surface area contributed by atoms with Crippen LogP contribution in [-0.2, 0) is 0 Å². The van der Waals surface area contributed by atoms with Gasteiger partial charge in [0.15, 0.2) is 0 Å². The molecule has 0 unspecified atom stereocenters. The fraction of sp³-hybridized carbons (Fsp3) is 0.444. The molecule has 0 atom stereocenters. The molecule has 0 radical (unpaired) electrons. The Bertz CT molecular complexity index is 346. The van der Waals surface area contributed by atoms with E-state index in [9.17, 15) is 4.79 Å². The van der Waals surface area contributed by atoms with Crippen molar-refractivity contribution in [1.82, 2.24) is 20.1 Å². The number of anilines is 1. The van der Waals surface area contributed by atoms with Crippen molar-refractivity contribution in [3.8, 4) is 0 Å². The predicted octanol–water partition coefficient (Wildman–Crippen LogP) is 0.425. The van der Waals surface area contributed by atoms with Crippen LogP contribution in [0.3, 0.4) is 0 Å². The van der Waals surface area contributed by atoms with Crippen molar-refractivity contribution in [2.24, 2.45) is 0 Å². The first-order valence-electron chi connectivity index (χ1n) is 4.77. The van der Waals surface area contributed by atoms with E-state index in [4.69, 9.17) is 5.73 Å². The van der Waals surface area contributed by atoms with Crippen LogP contribution >= 0.6 is 0 Å². The molecule has 0 aliphatic heterocycles. The maximum Gasteiger partial charge on any atom is 0.291 e. The largest absolute Gasteiger partial charge is 0.366 e. The number of H-pyrrole nitrogens is 1. The first-order valence-corrected chi connectivity index (χ1v) is 4.77. The van der Waals surface area contributed by atoms with Gasteiger partial charge in [-0.15, -0.1) is 11.7 Å². The number of hydrogen-bond donors (Lipinski definition) is 2. The van der Waals surface area contributed by atoms with Crippen LogP contribution in [0.2, 0.25) is 0 Å². The minimum atomic E-state index is -0.207. The number of nitrogens with zero attached hydrogens (tertiary/aromatic N) is 3. The summed E-state index contributed by atoms with van der Waals surface area (Å²) in [6, 6.07) is 0. The Morgan fingerprint density at radius 2 is 2.47 bits per heavy atom. The van der Waals surface area contributed by atoms with Crippen LogP contribution in [0, 0.1) is 0 Å². The molecule has 15 heavy (non-hydrogen) atoms. The second-order valence-corrected chi connectivity index (χ2v) is 3.08. The number of nitrogens with one attached hydrogen (secondary N) is 1. The topological polar surface area (TPSA) is 87.9 Å². The van der Waals surface area contributed by atoms with Crippen molar-refractivity contribution in [2.45, 2.75) is 13.3 Å². The van der Waals surface area contributed by atoms with Gasteiger partial charge in [-0.3, -0.25) is 9.89 Å². The third-order valence-corrected chi connectivity index (χ3v) is 1.84. The maximum absolute atomic E-state index is 11.8. The lowest BCUT2D eigenvalue weighted by molar-refractivity contribution is 0.0762. The minimum absolute atomic E-state index is 0.0772. The Morgan fingerprint density at radius 1 is 1.73 bits per heavy atom. The smallest absolute Gasteiger partial charge is 0.291 e. The molecule has 1 aromatic rings. The van der Waals surface area contributed by atoms with Gasteiger partial charge in [-0.2, -0.15) is 4.98 Å². The number of rotatable bonds is 5. The number of carbonyl (C=O) groups is 1. The van der Waals surface area contributed by atoms with Crippen LogP contribution in [-0.4, -0.2) is 39.1 Å². The lowest BCUT2D eigenvalue weighted by Gasteiger charge is -2.18. The number of hydrogen-bond acceptors (Lipinski definition) is 4. The zero-order valence-corrected chi connectivity index (χ0v) is 8.73. The highest BCUT2D eigenvalue weighted by molar-refractivity contribution is 5.90. The first-order chi connectivity index (χ1) is 7.19. The molecule has 1 aromatic heterocycles. The fourth-order valence-corrected chi connectivity index (χ4v) is 1.22. The van der Waals surface area contributed by atoms with Gasteiger partial charge in [0.05, 0.1) is 0 Å². The zero-order valence-electron chi connectivity index (χ0n) is 8.73. The molecular weight excluding hydrogens is 194 g/mol. The maximum atomic E-state index is 11.8. The van der Waals surface area contributed by atoms with Crippen molar-refractivity contribution in [2.75, 3.05) is 18.8 Å². The van der Waals surface area contributed by atoms with E-state index in [1.54, 1.807) is 11.0 Å². The van der Waals surface area contributed by atoms with E-state index >= 15 is 0 Å². The summed E-state index contributed by atoms with van der Waals surface area (Å²) in [5.74, 6) is 0.0390. The quantitative estimate of drug-likeness (QED) is 0.688. The summed E-state index contributed by atoms with van der Waals surface area (Å²) >= 11 is 0. The molecule has 6 nitrogen and oxygen atoms in total. The van der Waals surface area contributed by atoms with Crippen molar-refractivity contribution in [1.29, 1.82) is 0 Å². The highest BCUT2D eigenvalue weighted by atomic mass is 16.2. The Hall–Kier alpha value is -1.85. The summed E-state index contributed by atoms with van der Waals surface area (Å²) in [7, 11) is 0. The van der Waals surface area contributed by atoms with Gasteiger partial charge in [0.25, 0.3) is 5.91 Å². The van der Waals surface area contributed by atoms with Crippen molar-refractivity contribution >= 4 is 11.9 Å². The van der Waals surface area contributed by atoms with Gasteiger partial charge in [-0.25, -0.2) is 0 Å². The van der Waals surface area contributed by atoms with Crippen LogP contribution in [0.4, 0.5) is 5.95 Å². The van der Waals surface area contributed by atoms with Gasteiger partial charge >= 0.3 is 0 Å². The van der Waals surface area contributed by atoms with Crippen LogP contribution in [0.1, 0.15) is 24.0 Å². The van der Waals surface area contributed by atoms with Crippen molar-refractivity contribution in [3.05, 3.63) is 18.5 Å². The molecule has 0 aliphatic rings. The molecule has 0 aliphatic carbocycles. The van der Waals surface area contributed by atoms with E-state index in [1.807, 2.05) is 6.92 Å². The molecule has 1 heterocycles. The lowest BCUT2D eigenvalue weighted by atomic mass is 10.3. The van der Waals surface area contributed by atoms with E-state index in [0.717, 1.165) is 6.42 Å². The second-order valence-electron chi connectivity index (χ2n) is 3.08. The number of aromatic amines is 1. The van der Waals surface area contributed by atoms with E-state index in [1.165, 1.54) is 0 Å². The van der Waals surface area contributed by atoms with Gasteiger partial charge in [-0.1, -0.05) is 13.0 Å². The first kappa shape index (κ1) is 11.2. The summed E-state index contributed by atoms with van der Waals surface area (Å²) in [6.45, 7) is 6.75. The standard InChI is InChI=1S/C9H15N5O/c1-3-5-14(6-4-2)8(15)7-11-9(10)13-12-7/h3H,1,4-6H2,2H3,(H3,10,11,12,13). The molecule has 0 spiro atoms. The zero-order chi connectivity index (χ0) is 11.3. The number of aromatic nitrogens is 3. The summed E-state index contributed by atoms with van der Waals surface area (Å²) in [5.41, 5.74) is 5.32. The second kappa shape index (κ2) is 5.14. The van der Waals surface area contributed by atoms with Gasteiger partial charge in [-0.05, 0) is 6.42 Å². The number of nitrogen functional groups attached to an aromatic ring is 1. The number of nitrogens with two attached hydrogens (primary N) is 1. The van der Waals surface area contributed by atoms with Crippen LogP contribution in [0.5, 0.6) is 0 Å². The molecule has 6 heteroatoms. The van der Waals surface area contributed by atoms with E-state index < -0.39 is 0 Å². The van der Waals surface area contributed by atoms with Crippen LogP contribution in [0.15, 0.2) is 12.7 Å². The van der Waals surface area contributed by atoms with E-state index in [2.05, 4.69) is 21.8 Å². The fourth-order valence-electron chi connectivity index (χ4n) is 1.22. The third-order valence-electron chi connectivity index (χ3n) is 1.84. The number of carbonyl (C=O) groups excluding carboxylic acids is 1. The lowest BCUT2D eigenvalue weighted by Crippen LogP contribution is -2.32. The monoisotopic (exact) mass is 209 g/mol. The summed E-state index contributed by atoms with van der Waals surface area (Å²) < 4.78 is 0. The van der Waals surface area contributed by atoms with E-state index in [-0.39, 0.29) is 17.7 Å². The Morgan fingerprint density at radius 3 is 2.93 bits per heavy atom. The SMILES string of the molecule is C=CCN(CCC)C(=O)c1nc(N)n[nH]1. The predicted molar refractivity (Wildman–Crippen MR) is 57.2 cm³/mol. The number of amides is 1. The molecule has 0 bridgehead atoms. The molecule has 0 saturated heterocycles. The van der Waals surface area contributed by atoms with Gasteiger partial charge < -0.3 is 10.6 Å². The Kier molecular flexibility index (Phi) is 3.84. The molecule has 1 amide bonds. The van der Waals surface area contributed by atoms with Crippen molar-refractivity contribution < 1.29 is 4.79 Å². The molecule has 3 N–H and O–H groups in total. The van der Waals surface area contributed by atoms with Crippen LogP contribution in [0.25, 0.3) is 0 Å². The molecule has 0 fully saturated rings. The third kappa shape index (κ3) is 2.80. The van der Waals surface area contributed by atoms with Gasteiger partial charge in [0.1, 0.15) is 0 Å². The average Bonchev–Trinajstić information content (AvgIpc) is 2.63. The molecule has 1 rings (SSSR count). The molecule has 82 valence electrons. The van der Waals surface area contributed by atoms with E-state index in [0.29, 0.717) is 13.1 Å². The molecular formula is C9H15N5O. The summed E-state index contributed by atoms with van der Waals surface area (Å²) in [5, 5.41) is 6.10. The highest BCUT2D eigenvalue weighted by Gasteiger charge is 2.17. The minimum Gasteiger partial charge on any atom is -0.366 e. The summed E-state index contributed by atoms with van der Waals surface area (Å²) in [6.07, 6.45) is 2.55. The van der Waals surface area contributed by atoms with Crippen molar-refractivity contribution in [3.63, 3.8) is 0 Å². The Labute approximate surface area is 88.2 Å². The average molecular weight is 209 g/mol. The molecule has 0 saturated carbocycles. The molecule has 0 aromatic carbocycles.